The molecule has 1 saturated heterocycles. The number of nitro benzene ring substituents is 1. The molecule has 8 nitrogen and oxygen atoms in total. The van der Waals surface area contributed by atoms with Crippen LogP contribution in [0.3, 0.4) is 0 Å². The second kappa shape index (κ2) is 7.91. The van der Waals surface area contributed by atoms with E-state index in [-0.39, 0.29) is 10.6 Å². The molecule has 10 heteroatoms. The molecule has 1 aliphatic heterocycles. The largest absolute Gasteiger partial charge is 0.365 e. The average molecular weight is 411 g/mol. The van der Waals surface area contributed by atoms with Crippen LogP contribution in [0.25, 0.3) is 0 Å². The molecule has 1 aromatic carbocycles. The third-order valence-electron chi connectivity index (χ3n) is 4.54. The van der Waals surface area contributed by atoms with Gasteiger partial charge >= 0.3 is 5.69 Å². The lowest BCUT2D eigenvalue weighted by molar-refractivity contribution is -0.387. The Morgan fingerprint density at radius 1 is 1.26 bits per heavy atom. The van der Waals surface area contributed by atoms with E-state index in [1.54, 1.807) is 23.5 Å². The number of sulfone groups is 1. The summed E-state index contributed by atoms with van der Waals surface area (Å²) in [4.78, 5) is 19.5. The van der Waals surface area contributed by atoms with Gasteiger partial charge in [-0.3, -0.25) is 15.0 Å². The van der Waals surface area contributed by atoms with Gasteiger partial charge in [-0.2, -0.15) is 0 Å². The molecule has 0 aliphatic carbocycles. The van der Waals surface area contributed by atoms with Gasteiger partial charge in [0.1, 0.15) is 10.6 Å². The summed E-state index contributed by atoms with van der Waals surface area (Å²) in [7, 11) is -3.68. The van der Waals surface area contributed by atoms with Gasteiger partial charge in [0, 0.05) is 44.4 Å². The third-order valence-corrected chi connectivity index (χ3v) is 6.49. The molecule has 3 rings (SSSR count). The van der Waals surface area contributed by atoms with Gasteiger partial charge in [-0.15, -0.1) is 11.3 Å². The number of thiazole rings is 1. The molecule has 0 saturated carbocycles. The third kappa shape index (κ3) is 4.63. The summed E-state index contributed by atoms with van der Waals surface area (Å²) < 4.78 is 24.0. The van der Waals surface area contributed by atoms with Gasteiger partial charge in [0.25, 0.3) is 0 Å². The van der Waals surface area contributed by atoms with Crippen LogP contribution in [0, 0.1) is 17.0 Å². The Morgan fingerprint density at radius 3 is 2.67 bits per heavy atom. The van der Waals surface area contributed by atoms with Crippen LogP contribution in [0.1, 0.15) is 17.1 Å². The lowest BCUT2D eigenvalue weighted by atomic mass is 10.2. The number of para-hydroxylation sites is 1. The lowest BCUT2D eigenvalue weighted by Gasteiger charge is -2.23. The predicted molar refractivity (Wildman–Crippen MR) is 105 cm³/mol. The van der Waals surface area contributed by atoms with E-state index in [2.05, 4.69) is 15.3 Å². The fourth-order valence-electron chi connectivity index (χ4n) is 3.33. The van der Waals surface area contributed by atoms with Gasteiger partial charge < -0.3 is 4.90 Å². The number of aryl methyl sites for hydroxylation is 1. The van der Waals surface area contributed by atoms with Gasteiger partial charge in [0.15, 0.2) is 9.84 Å². The molecule has 27 heavy (non-hydrogen) atoms. The number of benzene rings is 1. The summed E-state index contributed by atoms with van der Waals surface area (Å²) >= 11 is 1.62. The van der Waals surface area contributed by atoms with Crippen molar-refractivity contribution in [1.82, 2.24) is 9.88 Å². The standard InChI is InChI=1S/C17H22N4O4S2/c1-13-18-14(12-26-13)11-19-7-4-8-20(10-9-19)15-5-3-6-16(27(2,24)25)17(15)21(22)23/h3,5-6,12H,4,7-11H2,1-2H3. The van der Waals surface area contributed by atoms with Crippen molar-refractivity contribution >= 4 is 32.5 Å². The van der Waals surface area contributed by atoms with Crippen molar-refractivity contribution in [3.8, 4) is 0 Å². The highest BCUT2D eigenvalue weighted by atomic mass is 32.2. The van der Waals surface area contributed by atoms with E-state index in [9.17, 15) is 18.5 Å². The first kappa shape index (κ1) is 19.7. The van der Waals surface area contributed by atoms with E-state index in [1.165, 1.54) is 6.07 Å². The smallest absolute Gasteiger partial charge is 0.311 e. The fraction of sp³-hybridized carbons (Fsp3) is 0.471. The van der Waals surface area contributed by atoms with Crippen LogP contribution in [0.4, 0.5) is 11.4 Å². The number of rotatable bonds is 5. The molecule has 0 radical (unpaired) electrons. The minimum atomic E-state index is -3.68. The van der Waals surface area contributed by atoms with Crippen LogP contribution >= 0.6 is 11.3 Å². The zero-order valence-electron chi connectivity index (χ0n) is 15.3. The van der Waals surface area contributed by atoms with Crippen molar-refractivity contribution in [1.29, 1.82) is 0 Å². The van der Waals surface area contributed by atoms with Crippen molar-refractivity contribution in [3.63, 3.8) is 0 Å². The van der Waals surface area contributed by atoms with Crippen molar-refractivity contribution in [3.05, 3.63) is 44.4 Å². The predicted octanol–water partition coefficient (Wildman–Crippen LogP) is 2.48. The molecular weight excluding hydrogens is 388 g/mol. The van der Waals surface area contributed by atoms with Gasteiger partial charge in [-0.05, 0) is 25.5 Å². The van der Waals surface area contributed by atoms with E-state index < -0.39 is 14.8 Å². The number of nitro groups is 1. The first-order valence-electron chi connectivity index (χ1n) is 8.61. The Bertz CT molecular complexity index is 942. The summed E-state index contributed by atoms with van der Waals surface area (Å²) in [5.41, 5.74) is 1.08. The quantitative estimate of drug-likeness (QED) is 0.552. The van der Waals surface area contributed by atoms with Gasteiger partial charge in [0.05, 0.1) is 15.6 Å². The van der Waals surface area contributed by atoms with E-state index in [1.807, 2.05) is 11.8 Å². The number of nitrogens with zero attached hydrogens (tertiary/aromatic N) is 4. The molecule has 2 heterocycles. The van der Waals surface area contributed by atoms with E-state index in [0.717, 1.165) is 43.0 Å². The molecule has 0 unspecified atom stereocenters. The highest BCUT2D eigenvalue weighted by Gasteiger charge is 2.29. The molecule has 1 fully saturated rings. The Labute approximate surface area is 162 Å². The summed E-state index contributed by atoms with van der Waals surface area (Å²) in [5, 5.41) is 14.7. The molecular formula is C17H22N4O4S2. The number of anilines is 1. The maximum absolute atomic E-state index is 12.0. The minimum absolute atomic E-state index is 0.232. The zero-order chi connectivity index (χ0) is 19.6. The van der Waals surface area contributed by atoms with Crippen LogP contribution < -0.4 is 4.90 Å². The summed E-state index contributed by atoms with van der Waals surface area (Å²) in [6.07, 6.45) is 1.84. The Balaban J connectivity index is 1.82. The van der Waals surface area contributed by atoms with E-state index in [0.29, 0.717) is 18.8 Å². The molecule has 2 aromatic rings. The fourth-order valence-corrected chi connectivity index (χ4v) is 4.79. The number of aromatic nitrogens is 1. The Hall–Kier alpha value is -2.04. The van der Waals surface area contributed by atoms with Crippen LogP contribution in [0.5, 0.6) is 0 Å². The summed E-state index contributed by atoms with van der Waals surface area (Å²) in [6.45, 7) is 5.57. The highest BCUT2D eigenvalue weighted by molar-refractivity contribution is 7.90. The van der Waals surface area contributed by atoms with Gasteiger partial charge in [-0.25, -0.2) is 13.4 Å². The molecule has 0 bridgehead atoms. The van der Waals surface area contributed by atoms with Crippen molar-refractivity contribution in [2.75, 3.05) is 37.3 Å². The maximum Gasteiger partial charge on any atom is 0.311 e. The summed E-state index contributed by atoms with van der Waals surface area (Å²) in [6, 6.07) is 4.50. The van der Waals surface area contributed by atoms with Crippen LogP contribution in [-0.4, -0.2) is 55.7 Å². The molecule has 1 aromatic heterocycles. The maximum atomic E-state index is 12.0. The first-order valence-corrected chi connectivity index (χ1v) is 11.4. The second-order valence-electron chi connectivity index (χ2n) is 6.63. The van der Waals surface area contributed by atoms with Crippen LogP contribution in [0.2, 0.25) is 0 Å². The van der Waals surface area contributed by atoms with E-state index in [4.69, 9.17) is 0 Å². The number of hydrogen-bond donors (Lipinski definition) is 0. The number of hydrogen-bond acceptors (Lipinski definition) is 8. The first-order chi connectivity index (χ1) is 12.8. The SMILES string of the molecule is Cc1nc(CN2CCCN(c3cccc(S(C)(=O)=O)c3[N+](=O)[O-])CC2)cs1. The van der Waals surface area contributed by atoms with Crippen molar-refractivity contribution < 1.29 is 13.3 Å². The Kier molecular flexibility index (Phi) is 5.78. The molecule has 146 valence electrons. The van der Waals surface area contributed by atoms with Crippen LogP contribution in [0.15, 0.2) is 28.5 Å². The molecule has 0 spiro atoms. The van der Waals surface area contributed by atoms with Crippen molar-refractivity contribution in [2.24, 2.45) is 0 Å². The van der Waals surface area contributed by atoms with Crippen LogP contribution in [-0.2, 0) is 16.4 Å². The second-order valence-corrected chi connectivity index (χ2v) is 9.67. The Morgan fingerprint density at radius 2 is 2.04 bits per heavy atom. The zero-order valence-corrected chi connectivity index (χ0v) is 16.9. The average Bonchev–Trinajstić information content (AvgIpc) is 2.86. The molecule has 0 N–H and O–H groups in total. The molecule has 1 aliphatic rings. The lowest BCUT2D eigenvalue weighted by Crippen LogP contribution is -2.31. The molecule has 0 atom stereocenters. The highest BCUT2D eigenvalue weighted by Crippen LogP contribution is 2.35. The van der Waals surface area contributed by atoms with Crippen molar-refractivity contribution in [2.45, 2.75) is 24.8 Å². The van der Waals surface area contributed by atoms with E-state index >= 15 is 0 Å². The monoisotopic (exact) mass is 410 g/mol. The summed E-state index contributed by atoms with van der Waals surface area (Å²) in [5.74, 6) is 0. The topological polar surface area (TPSA) is 96.7 Å². The molecule has 0 amide bonds. The minimum Gasteiger partial charge on any atom is -0.365 e. The normalized spacial score (nSPS) is 16.3. The van der Waals surface area contributed by atoms with Gasteiger partial charge in [-0.1, -0.05) is 6.07 Å². The van der Waals surface area contributed by atoms with Gasteiger partial charge in [0.2, 0.25) is 0 Å².